The van der Waals surface area contributed by atoms with E-state index < -0.39 is 20.0 Å². The summed E-state index contributed by atoms with van der Waals surface area (Å²) in [4.78, 5) is 23.2. The predicted molar refractivity (Wildman–Crippen MR) is 281 cm³/mol. The lowest BCUT2D eigenvalue weighted by Crippen LogP contribution is -2.45. The Hall–Kier alpha value is -1.28. The summed E-state index contributed by atoms with van der Waals surface area (Å²) in [6.07, 6.45) is 61.3. The normalized spacial score (nSPS) is 14.3. The van der Waals surface area contributed by atoms with Crippen LogP contribution in [-0.4, -0.2) is 73.4 Å². The smallest absolute Gasteiger partial charge is 0.387 e. The minimum Gasteiger partial charge on any atom is -0.387 e. The van der Waals surface area contributed by atoms with Gasteiger partial charge < -0.3 is 19.8 Å². The summed E-state index contributed by atoms with van der Waals surface area (Å²) in [5.41, 5.74) is 0. The van der Waals surface area contributed by atoms with Gasteiger partial charge in [0.1, 0.15) is 13.2 Å². The first kappa shape index (κ1) is 63.7. The molecule has 0 aromatic rings. The molecule has 0 aliphatic rings. The van der Waals surface area contributed by atoms with Crippen molar-refractivity contribution in [3.05, 3.63) is 36.5 Å². The van der Waals surface area contributed by atoms with Crippen molar-refractivity contribution >= 4 is 13.7 Å². The molecule has 3 atom stereocenters. The molecule has 0 bridgehead atoms. The van der Waals surface area contributed by atoms with Crippen LogP contribution in [0.25, 0.3) is 0 Å². The van der Waals surface area contributed by atoms with Crippen molar-refractivity contribution in [3.63, 3.8) is 0 Å². The Morgan fingerprint density at radius 1 is 0.508 bits per heavy atom. The average Bonchev–Trinajstić information content (AvgIpc) is 3.26. The summed E-state index contributed by atoms with van der Waals surface area (Å²) < 4.78 is 23.6. The van der Waals surface area contributed by atoms with Crippen LogP contribution in [0.4, 0.5) is 0 Å². The molecule has 0 rings (SSSR count). The fourth-order valence-corrected chi connectivity index (χ4v) is 8.92. The molecule has 0 heterocycles. The molecule has 1 amide bonds. The first-order valence-corrected chi connectivity index (χ1v) is 29.4. The zero-order valence-corrected chi connectivity index (χ0v) is 44.6. The van der Waals surface area contributed by atoms with Crippen molar-refractivity contribution in [2.45, 2.75) is 276 Å². The third kappa shape index (κ3) is 50.4. The minimum atomic E-state index is -4.35. The van der Waals surface area contributed by atoms with Gasteiger partial charge in [0.2, 0.25) is 5.91 Å². The number of amides is 1. The molecule has 0 fully saturated rings. The van der Waals surface area contributed by atoms with Gasteiger partial charge in [-0.3, -0.25) is 13.8 Å². The number of phosphoric ester groups is 1. The second kappa shape index (κ2) is 47.8. The molecule has 9 heteroatoms. The van der Waals surface area contributed by atoms with Crippen LogP contribution in [0.5, 0.6) is 0 Å². The fraction of sp³-hybridized carbons (Fsp3) is 0.875. The average molecular weight is 938 g/mol. The summed E-state index contributed by atoms with van der Waals surface area (Å²) in [5, 5.41) is 13.8. The molecule has 0 aromatic heterocycles. The lowest BCUT2D eigenvalue weighted by Gasteiger charge is -2.25. The number of carbonyl (C=O) groups excluding carboxylic acids is 1. The second-order valence-electron chi connectivity index (χ2n) is 20.3. The van der Waals surface area contributed by atoms with Crippen LogP contribution in [-0.2, 0) is 18.4 Å². The highest BCUT2D eigenvalue weighted by atomic mass is 31.2. The Bertz CT molecular complexity index is 1150. The molecular formula is C56H110N2O6P+. The van der Waals surface area contributed by atoms with Crippen LogP contribution in [0.2, 0.25) is 0 Å². The van der Waals surface area contributed by atoms with E-state index in [1.54, 1.807) is 6.08 Å². The molecular weight excluding hydrogens is 828 g/mol. The number of nitrogens with one attached hydrogen (secondary N) is 1. The second-order valence-corrected chi connectivity index (χ2v) is 21.8. The Morgan fingerprint density at radius 2 is 0.846 bits per heavy atom. The molecule has 0 aromatic carbocycles. The maximum Gasteiger partial charge on any atom is 0.472 e. The van der Waals surface area contributed by atoms with E-state index in [2.05, 4.69) is 43.5 Å². The number of hydrogen-bond acceptors (Lipinski definition) is 5. The zero-order chi connectivity index (χ0) is 47.8. The number of unbranched alkanes of at least 4 members (excludes halogenated alkanes) is 34. The molecule has 3 N–H and O–H groups in total. The van der Waals surface area contributed by atoms with Crippen LogP contribution in [0, 0.1) is 0 Å². The third-order valence-corrected chi connectivity index (χ3v) is 13.6. The number of phosphoric acid groups is 1. The first-order chi connectivity index (χ1) is 31.5. The number of nitrogens with zero attached hydrogens (tertiary/aromatic N) is 1. The predicted octanol–water partition coefficient (Wildman–Crippen LogP) is 16.6. The molecule has 0 spiro atoms. The molecule has 8 nitrogen and oxygen atoms in total. The van der Waals surface area contributed by atoms with Crippen LogP contribution in [0.15, 0.2) is 36.5 Å². The Balaban J connectivity index is 4.01. The minimum absolute atomic E-state index is 0.0547. The van der Waals surface area contributed by atoms with E-state index in [9.17, 15) is 19.4 Å². The van der Waals surface area contributed by atoms with Crippen LogP contribution in [0.1, 0.15) is 264 Å². The quantitative estimate of drug-likeness (QED) is 0.0243. The molecule has 384 valence electrons. The third-order valence-electron chi connectivity index (χ3n) is 12.6. The summed E-state index contributed by atoms with van der Waals surface area (Å²) in [7, 11) is 1.55. The highest BCUT2D eigenvalue weighted by Crippen LogP contribution is 2.43. The monoisotopic (exact) mass is 938 g/mol. The van der Waals surface area contributed by atoms with Gasteiger partial charge in [-0.05, 0) is 38.5 Å². The summed E-state index contributed by atoms with van der Waals surface area (Å²) in [5.74, 6) is -0.188. The number of quaternary nitrogens is 1. The highest BCUT2D eigenvalue weighted by Gasteiger charge is 2.27. The lowest BCUT2D eigenvalue weighted by molar-refractivity contribution is -0.870. The van der Waals surface area contributed by atoms with Gasteiger partial charge in [-0.15, -0.1) is 0 Å². The van der Waals surface area contributed by atoms with E-state index in [0.29, 0.717) is 17.4 Å². The van der Waals surface area contributed by atoms with Gasteiger partial charge >= 0.3 is 7.82 Å². The van der Waals surface area contributed by atoms with Crippen molar-refractivity contribution < 1.29 is 32.9 Å². The largest absolute Gasteiger partial charge is 0.472 e. The van der Waals surface area contributed by atoms with Gasteiger partial charge in [0.25, 0.3) is 0 Å². The van der Waals surface area contributed by atoms with Crippen molar-refractivity contribution in [2.24, 2.45) is 0 Å². The van der Waals surface area contributed by atoms with Gasteiger partial charge in [-0.1, -0.05) is 256 Å². The number of likely N-dealkylation sites (N-methyl/N-ethyl adjacent to an activating group) is 1. The van der Waals surface area contributed by atoms with Crippen molar-refractivity contribution in [2.75, 3.05) is 40.9 Å². The molecule has 0 saturated carbocycles. The van der Waals surface area contributed by atoms with Gasteiger partial charge in [0, 0.05) is 6.42 Å². The van der Waals surface area contributed by atoms with Crippen molar-refractivity contribution in [1.82, 2.24) is 5.32 Å². The number of rotatable bonds is 51. The lowest BCUT2D eigenvalue weighted by atomic mass is 10.0. The van der Waals surface area contributed by atoms with Crippen molar-refractivity contribution in [1.29, 1.82) is 0 Å². The topological polar surface area (TPSA) is 105 Å². The number of hydrogen-bond donors (Lipinski definition) is 3. The van der Waals surface area contributed by atoms with Crippen LogP contribution >= 0.6 is 7.82 Å². The fourth-order valence-electron chi connectivity index (χ4n) is 8.18. The number of carbonyl (C=O) groups is 1. The SMILES string of the molecule is CCCC/C=C/CC/C=C/CC/C=C/C(O)C(COP(=O)(O)OCC[N+](C)(C)C)NC(=O)CCCCCCCCCCCCCCCCCCCCCCCCCCCCCCCCC. The van der Waals surface area contributed by atoms with E-state index >= 15 is 0 Å². The summed E-state index contributed by atoms with van der Waals surface area (Å²) in [6.45, 7) is 4.76. The molecule has 65 heavy (non-hydrogen) atoms. The van der Waals surface area contributed by atoms with E-state index in [1.165, 1.54) is 193 Å². The maximum atomic E-state index is 12.9. The Morgan fingerprint density at radius 3 is 1.22 bits per heavy atom. The van der Waals surface area contributed by atoms with E-state index in [0.717, 1.165) is 51.4 Å². The Labute approximate surface area is 404 Å². The molecule has 0 aliphatic heterocycles. The van der Waals surface area contributed by atoms with E-state index in [4.69, 9.17) is 9.05 Å². The van der Waals surface area contributed by atoms with Crippen LogP contribution < -0.4 is 5.32 Å². The van der Waals surface area contributed by atoms with E-state index in [-0.39, 0.29) is 19.1 Å². The van der Waals surface area contributed by atoms with E-state index in [1.807, 2.05) is 27.2 Å². The number of allylic oxidation sites excluding steroid dienone is 5. The number of aliphatic hydroxyl groups excluding tert-OH is 1. The maximum absolute atomic E-state index is 12.9. The summed E-state index contributed by atoms with van der Waals surface area (Å²) in [6, 6.07) is -0.866. The highest BCUT2D eigenvalue weighted by molar-refractivity contribution is 7.47. The van der Waals surface area contributed by atoms with Gasteiger partial charge in [0.15, 0.2) is 0 Å². The van der Waals surface area contributed by atoms with Crippen molar-refractivity contribution in [3.8, 4) is 0 Å². The summed E-state index contributed by atoms with van der Waals surface area (Å²) >= 11 is 0. The zero-order valence-electron chi connectivity index (χ0n) is 43.7. The van der Waals surface area contributed by atoms with Gasteiger partial charge in [0.05, 0.1) is 39.9 Å². The van der Waals surface area contributed by atoms with Gasteiger partial charge in [-0.25, -0.2) is 4.57 Å². The Kier molecular flexibility index (Phi) is 46.8. The van der Waals surface area contributed by atoms with Crippen LogP contribution in [0.3, 0.4) is 0 Å². The molecule has 0 aliphatic carbocycles. The molecule has 3 unspecified atom stereocenters. The first-order valence-electron chi connectivity index (χ1n) is 27.9. The van der Waals surface area contributed by atoms with Gasteiger partial charge in [-0.2, -0.15) is 0 Å². The molecule has 0 saturated heterocycles. The standard InChI is InChI=1S/C56H109N2O6P/c1-6-8-10-12-14-16-18-20-21-22-23-24-25-26-27-28-29-30-31-32-33-34-35-36-37-38-40-42-44-46-48-50-56(60)57-54(53-64-65(61,62)63-52-51-58(3,4)5)55(59)49-47-45-43-41-39-19-17-15-13-11-9-7-2/h13,15,39,41,47,49,54-55,59H,6-12,14,16-38,40,42-46,48,50-53H2,1-5H3,(H-,57,60,61,62)/p+1/b15-13+,41-39+,49-47+. The number of aliphatic hydroxyl groups is 1. The molecule has 0 radical (unpaired) electrons.